The van der Waals surface area contributed by atoms with E-state index < -0.39 is 0 Å². The summed E-state index contributed by atoms with van der Waals surface area (Å²) in [4.78, 5) is 24.9. The van der Waals surface area contributed by atoms with Crippen molar-refractivity contribution in [2.24, 2.45) is 0 Å². The third kappa shape index (κ3) is 4.79. The lowest BCUT2D eigenvalue weighted by Crippen LogP contribution is -2.33. The fraction of sp³-hybridized carbons (Fsp3) is 0.364. The fourth-order valence-electron chi connectivity index (χ4n) is 3.00. The van der Waals surface area contributed by atoms with Gasteiger partial charge in [0.2, 0.25) is 5.91 Å². The molecular weight excluding hydrogens is 324 g/mol. The van der Waals surface area contributed by atoms with E-state index >= 15 is 0 Å². The molecule has 0 fully saturated rings. The minimum absolute atomic E-state index is 0.0779. The number of hydrogen-bond acceptors (Lipinski definition) is 3. The number of Topliss-reactive ketones (excluding diaryl/α,β-unsaturated/α-hetero) is 1. The average Bonchev–Trinajstić information content (AvgIpc) is 2.67. The van der Waals surface area contributed by atoms with Crippen molar-refractivity contribution < 1.29 is 9.59 Å². The average molecular weight is 352 g/mol. The number of amides is 1. The number of nitrogens with zero attached hydrogens (tertiary/aromatic N) is 1. The molecular formula is C22H28N2O2. The zero-order valence-electron chi connectivity index (χ0n) is 16.1. The van der Waals surface area contributed by atoms with E-state index in [2.05, 4.69) is 18.3 Å². The maximum Gasteiger partial charge on any atom is 0.223 e. The number of hydrogen-bond donors (Lipinski definition) is 1. The lowest BCUT2D eigenvalue weighted by molar-refractivity contribution is -0.116. The zero-order chi connectivity index (χ0) is 19.1. The third-order valence-electron chi connectivity index (χ3n) is 4.56. The van der Waals surface area contributed by atoms with Gasteiger partial charge in [-0.15, -0.1) is 0 Å². The van der Waals surface area contributed by atoms with E-state index in [9.17, 15) is 9.59 Å². The molecule has 1 heterocycles. The lowest BCUT2D eigenvalue weighted by atomic mass is 9.95. The van der Waals surface area contributed by atoms with E-state index in [1.807, 2.05) is 48.3 Å². The molecule has 1 N–H and O–H groups in total. The molecule has 0 atom stereocenters. The molecule has 4 nitrogen and oxygen atoms in total. The van der Waals surface area contributed by atoms with Crippen LogP contribution in [-0.4, -0.2) is 31.8 Å². The molecule has 0 aliphatic carbocycles. The highest BCUT2D eigenvalue weighted by molar-refractivity contribution is 5.95. The number of carbonyl (C=O) groups excluding carboxylic acids is 2. The maximum atomic E-state index is 11.7. The Morgan fingerprint density at radius 2 is 1.65 bits per heavy atom. The molecule has 1 amide bonds. The fourth-order valence-corrected chi connectivity index (χ4v) is 3.00. The summed E-state index contributed by atoms with van der Waals surface area (Å²) < 4.78 is 0. The molecule has 2 aromatic carbocycles. The largest absolute Gasteiger partial charge is 0.320 e. The minimum Gasteiger partial charge on any atom is -0.320 e. The molecule has 1 aliphatic heterocycles. The molecule has 0 saturated carbocycles. The van der Waals surface area contributed by atoms with Crippen LogP contribution in [0, 0.1) is 0 Å². The van der Waals surface area contributed by atoms with Crippen LogP contribution < -0.4 is 10.2 Å². The summed E-state index contributed by atoms with van der Waals surface area (Å²) in [5, 5.41) is 2.93. The molecule has 138 valence electrons. The number of benzene rings is 2. The van der Waals surface area contributed by atoms with Gasteiger partial charge in [0.15, 0.2) is 5.78 Å². The Labute approximate surface area is 156 Å². The second-order valence-electron chi connectivity index (χ2n) is 6.46. The van der Waals surface area contributed by atoms with Gasteiger partial charge in [-0.25, -0.2) is 0 Å². The highest BCUT2D eigenvalue weighted by atomic mass is 16.2. The predicted octanol–water partition coefficient (Wildman–Crippen LogP) is 4.08. The number of anilines is 1. The van der Waals surface area contributed by atoms with Crippen molar-refractivity contribution in [3.05, 3.63) is 53.6 Å². The van der Waals surface area contributed by atoms with E-state index in [1.54, 1.807) is 13.8 Å². The topological polar surface area (TPSA) is 49.4 Å². The molecule has 26 heavy (non-hydrogen) atoms. The lowest BCUT2D eigenvalue weighted by Gasteiger charge is -2.29. The molecule has 0 bridgehead atoms. The summed E-state index contributed by atoms with van der Waals surface area (Å²) >= 11 is 0. The number of ketones is 1. The van der Waals surface area contributed by atoms with Gasteiger partial charge in [0.1, 0.15) is 0 Å². The van der Waals surface area contributed by atoms with Gasteiger partial charge in [-0.2, -0.15) is 0 Å². The summed E-state index contributed by atoms with van der Waals surface area (Å²) in [5.74, 6) is 0.175. The third-order valence-corrected chi connectivity index (χ3v) is 4.56. The van der Waals surface area contributed by atoms with Crippen molar-refractivity contribution in [1.29, 1.82) is 0 Å². The molecule has 0 unspecified atom stereocenters. The number of nitrogens with one attached hydrogen (secondary N) is 1. The highest BCUT2D eigenvalue weighted by Gasteiger charge is 2.20. The van der Waals surface area contributed by atoms with Gasteiger partial charge in [-0.3, -0.25) is 9.59 Å². The Kier molecular flexibility index (Phi) is 7.10. The number of rotatable bonds is 3. The van der Waals surface area contributed by atoms with Gasteiger partial charge in [0.05, 0.1) is 0 Å². The standard InChI is InChI=1S/C19H19NO2.C3H9N/c1-13(21)15-5-7-16(8-6-15)17-9-10-19-18(12-17)4-3-11-20(19)14(2)22;1-3-4-2/h5-10,12H,3-4,11H2,1-2H3;4H,3H2,1-2H3. The Morgan fingerprint density at radius 1 is 1.04 bits per heavy atom. The first-order chi connectivity index (χ1) is 12.5. The Hall–Kier alpha value is -2.46. The number of carbonyl (C=O) groups is 2. The summed E-state index contributed by atoms with van der Waals surface area (Å²) in [7, 11) is 1.93. The highest BCUT2D eigenvalue weighted by Crippen LogP contribution is 2.31. The van der Waals surface area contributed by atoms with Crippen molar-refractivity contribution in [1.82, 2.24) is 5.32 Å². The van der Waals surface area contributed by atoms with Crippen molar-refractivity contribution in [2.75, 3.05) is 25.0 Å². The van der Waals surface area contributed by atoms with Crippen LogP contribution in [0.15, 0.2) is 42.5 Å². The SMILES string of the molecule is CC(=O)c1ccc(-c2ccc3c(c2)CCCN3C(C)=O)cc1.CCNC. The Morgan fingerprint density at radius 3 is 2.19 bits per heavy atom. The maximum absolute atomic E-state index is 11.7. The van der Waals surface area contributed by atoms with Gasteiger partial charge >= 0.3 is 0 Å². The van der Waals surface area contributed by atoms with Crippen LogP contribution in [0.5, 0.6) is 0 Å². The first-order valence-electron chi connectivity index (χ1n) is 9.15. The van der Waals surface area contributed by atoms with Crippen molar-refractivity contribution >= 4 is 17.4 Å². The number of aryl methyl sites for hydroxylation is 1. The van der Waals surface area contributed by atoms with E-state index in [0.29, 0.717) is 0 Å². The van der Waals surface area contributed by atoms with Crippen molar-refractivity contribution in [3.8, 4) is 11.1 Å². The summed E-state index contributed by atoms with van der Waals surface area (Å²) in [6.45, 7) is 7.13. The Bertz CT molecular complexity index is 764. The second kappa shape index (κ2) is 9.30. The molecule has 2 aromatic rings. The summed E-state index contributed by atoms with van der Waals surface area (Å²) in [5.41, 5.74) is 5.19. The summed E-state index contributed by atoms with van der Waals surface area (Å²) in [6.07, 6.45) is 2.00. The van der Waals surface area contributed by atoms with E-state index in [1.165, 1.54) is 5.56 Å². The number of fused-ring (bicyclic) bond motifs is 1. The molecule has 3 rings (SSSR count). The van der Waals surface area contributed by atoms with Gasteiger partial charge in [0, 0.05) is 24.7 Å². The molecule has 4 heteroatoms. The molecule has 1 aliphatic rings. The van der Waals surface area contributed by atoms with Crippen LogP contribution in [-0.2, 0) is 11.2 Å². The van der Waals surface area contributed by atoms with Crippen LogP contribution in [0.4, 0.5) is 5.69 Å². The molecule has 0 saturated heterocycles. The van der Waals surface area contributed by atoms with E-state index in [4.69, 9.17) is 0 Å². The van der Waals surface area contributed by atoms with Crippen LogP contribution in [0.1, 0.15) is 43.1 Å². The predicted molar refractivity (Wildman–Crippen MR) is 108 cm³/mol. The monoisotopic (exact) mass is 352 g/mol. The van der Waals surface area contributed by atoms with Crippen LogP contribution >= 0.6 is 0 Å². The quantitative estimate of drug-likeness (QED) is 0.847. The van der Waals surface area contributed by atoms with Crippen LogP contribution in [0.25, 0.3) is 11.1 Å². The van der Waals surface area contributed by atoms with Gasteiger partial charge in [0.25, 0.3) is 0 Å². The first-order valence-corrected chi connectivity index (χ1v) is 9.15. The van der Waals surface area contributed by atoms with Crippen LogP contribution in [0.3, 0.4) is 0 Å². The summed E-state index contributed by atoms with van der Waals surface area (Å²) in [6, 6.07) is 13.9. The first kappa shape index (κ1) is 19.9. The second-order valence-corrected chi connectivity index (χ2v) is 6.46. The Balaban J connectivity index is 0.000000552. The minimum atomic E-state index is 0.0779. The van der Waals surface area contributed by atoms with Gasteiger partial charge < -0.3 is 10.2 Å². The van der Waals surface area contributed by atoms with Crippen molar-refractivity contribution in [3.63, 3.8) is 0 Å². The van der Waals surface area contributed by atoms with Gasteiger partial charge in [-0.1, -0.05) is 37.3 Å². The van der Waals surface area contributed by atoms with E-state index in [-0.39, 0.29) is 11.7 Å². The molecule has 0 spiro atoms. The molecule has 0 radical (unpaired) electrons. The van der Waals surface area contributed by atoms with E-state index in [0.717, 1.165) is 48.3 Å². The van der Waals surface area contributed by atoms with Crippen LogP contribution in [0.2, 0.25) is 0 Å². The smallest absolute Gasteiger partial charge is 0.223 e. The zero-order valence-corrected chi connectivity index (χ0v) is 16.1. The normalized spacial score (nSPS) is 12.7. The van der Waals surface area contributed by atoms with Crippen molar-refractivity contribution in [2.45, 2.75) is 33.6 Å². The molecule has 0 aromatic heterocycles. The van der Waals surface area contributed by atoms with Gasteiger partial charge in [-0.05, 0) is 62.2 Å².